The minimum atomic E-state index is -0.797. The highest BCUT2D eigenvalue weighted by atomic mass is 16.5. The summed E-state index contributed by atoms with van der Waals surface area (Å²) in [4.78, 5) is 29.8. The van der Waals surface area contributed by atoms with Crippen molar-refractivity contribution in [2.75, 3.05) is 12.4 Å². The molecule has 0 fully saturated rings. The Morgan fingerprint density at radius 3 is 1.97 bits per heavy atom. The van der Waals surface area contributed by atoms with Gasteiger partial charge in [-0.25, -0.2) is 9.78 Å². The third kappa shape index (κ3) is 4.88. The minimum Gasteiger partial charge on any atom is -0.467 e. The van der Waals surface area contributed by atoms with Crippen molar-refractivity contribution in [3.63, 3.8) is 0 Å². The van der Waals surface area contributed by atoms with E-state index in [1.807, 2.05) is 66.7 Å². The monoisotopic (exact) mass is 475 g/mol. The highest BCUT2D eigenvalue weighted by Crippen LogP contribution is 2.33. The Labute approximate surface area is 208 Å². The lowest BCUT2D eigenvalue weighted by atomic mass is 10.0. The van der Waals surface area contributed by atoms with Crippen LogP contribution in [0.5, 0.6) is 0 Å². The van der Waals surface area contributed by atoms with Gasteiger partial charge in [-0.1, -0.05) is 66.7 Å². The number of nitrogens with one attached hydrogen (secondary N) is 2. The maximum absolute atomic E-state index is 12.6. The van der Waals surface area contributed by atoms with Gasteiger partial charge in [0.1, 0.15) is 6.04 Å². The molecule has 0 aliphatic heterocycles. The minimum absolute atomic E-state index is 0.312. The van der Waals surface area contributed by atoms with Crippen LogP contribution in [0.25, 0.3) is 21.8 Å². The SMILES string of the molecule is COC(=O)[C@H](Cc1ccc(Nc2c3ccccc3nc3ccccc23)cc1)NC(=O)c1ccccc1. The summed E-state index contributed by atoms with van der Waals surface area (Å²) in [6.45, 7) is 0. The Morgan fingerprint density at radius 2 is 1.36 bits per heavy atom. The third-order valence-corrected chi connectivity index (χ3v) is 6.08. The summed E-state index contributed by atoms with van der Waals surface area (Å²) >= 11 is 0. The van der Waals surface area contributed by atoms with Crippen molar-refractivity contribution in [3.05, 3.63) is 114 Å². The first-order chi connectivity index (χ1) is 17.6. The Bertz CT molecular complexity index is 1480. The maximum Gasteiger partial charge on any atom is 0.328 e. The molecule has 1 aromatic heterocycles. The van der Waals surface area contributed by atoms with Crippen LogP contribution in [0.1, 0.15) is 15.9 Å². The van der Waals surface area contributed by atoms with Crippen molar-refractivity contribution in [1.82, 2.24) is 10.3 Å². The van der Waals surface area contributed by atoms with Crippen molar-refractivity contribution >= 4 is 45.1 Å². The number of para-hydroxylation sites is 2. The molecule has 1 heterocycles. The number of ether oxygens (including phenoxy) is 1. The lowest BCUT2D eigenvalue weighted by Gasteiger charge is -2.17. The van der Waals surface area contributed by atoms with Crippen LogP contribution in [-0.4, -0.2) is 30.0 Å². The summed E-state index contributed by atoms with van der Waals surface area (Å²) in [7, 11) is 1.32. The molecule has 5 rings (SSSR count). The fourth-order valence-corrected chi connectivity index (χ4v) is 4.25. The largest absolute Gasteiger partial charge is 0.467 e. The van der Waals surface area contributed by atoms with Gasteiger partial charge in [-0.3, -0.25) is 4.79 Å². The first-order valence-corrected chi connectivity index (χ1v) is 11.7. The molecule has 6 heteroatoms. The summed E-state index contributed by atoms with van der Waals surface area (Å²) in [5, 5.41) is 8.42. The zero-order valence-electron chi connectivity index (χ0n) is 19.8. The van der Waals surface area contributed by atoms with E-state index in [-0.39, 0.29) is 5.91 Å². The lowest BCUT2D eigenvalue weighted by molar-refractivity contribution is -0.142. The molecule has 2 N–H and O–H groups in total. The molecular weight excluding hydrogens is 450 g/mol. The topological polar surface area (TPSA) is 80.3 Å². The third-order valence-electron chi connectivity index (χ3n) is 6.08. The van der Waals surface area contributed by atoms with Gasteiger partial charge in [0.2, 0.25) is 0 Å². The number of pyridine rings is 1. The fourth-order valence-electron chi connectivity index (χ4n) is 4.25. The van der Waals surface area contributed by atoms with Crippen molar-refractivity contribution in [3.8, 4) is 0 Å². The second-order valence-electron chi connectivity index (χ2n) is 8.46. The van der Waals surface area contributed by atoms with Gasteiger partial charge in [-0.05, 0) is 42.0 Å². The predicted molar refractivity (Wildman–Crippen MR) is 142 cm³/mol. The van der Waals surface area contributed by atoms with E-state index in [1.165, 1.54) is 7.11 Å². The smallest absolute Gasteiger partial charge is 0.328 e. The first-order valence-electron chi connectivity index (χ1n) is 11.7. The number of benzene rings is 4. The molecule has 4 aromatic carbocycles. The van der Waals surface area contributed by atoms with E-state index in [4.69, 9.17) is 9.72 Å². The van der Waals surface area contributed by atoms with Crippen LogP contribution in [-0.2, 0) is 16.0 Å². The average molecular weight is 476 g/mol. The molecule has 0 unspecified atom stereocenters. The number of fused-ring (bicyclic) bond motifs is 2. The number of carbonyl (C=O) groups excluding carboxylic acids is 2. The fraction of sp³-hybridized carbons (Fsp3) is 0.100. The van der Waals surface area contributed by atoms with Crippen LogP contribution < -0.4 is 10.6 Å². The lowest BCUT2D eigenvalue weighted by Crippen LogP contribution is -2.43. The van der Waals surface area contributed by atoms with Gasteiger partial charge in [0, 0.05) is 28.4 Å². The molecule has 6 nitrogen and oxygen atoms in total. The molecule has 0 saturated heterocycles. The number of methoxy groups -OCH3 is 1. The van der Waals surface area contributed by atoms with Gasteiger partial charge in [0.15, 0.2) is 0 Å². The Balaban J connectivity index is 1.37. The summed E-state index contributed by atoms with van der Waals surface area (Å²) in [6.07, 6.45) is 0.312. The molecular formula is C30H25N3O3. The quantitative estimate of drug-likeness (QED) is 0.235. The van der Waals surface area contributed by atoms with Gasteiger partial charge in [0.05, 0.1) is 23.8 Å². The number of esters is 1. The Kier molecular flexibility index (Phi) is 6.58. The first kappa shape index (κ1) is 23.1. The summed E-state index contributed by atoms with van der Waals surface area (Å²) in [6, 6.07) is 31.9. The number of nitrogens with zero attached hydrogens (tertiary/aromatic N) is 1. The van der Waals surface area contributed by atoms with Crippen molar-refractivity contribution in [2.24, 2.45) is 0 Å². The zero-order valence-corrected chi connectivity index (χ0v) is 19.8. The van der Waals surface area contributed by atoms with Gasteiger partial charge < -0.3 is 15.4 Å². The molecule has 1 atom stereocenters. The van der Waals surface area contributed by atoms with Gasteiger partial charge in [-0.15, -0.1) is 0 Å². The number of hydrogen-bond acceptors (Lipinski definition) is 5. The van der Waals surface area contributed by atoms with Crippen LogP contribution in [0.3, 0.4) is 0 Å². The van der Waals surface area contributed by atoms with Gasteiger partial charge in [-0.2, -0.15) is 0 Å². The molecule has 5 aromatic rings. The zero-order chi connectivity index (χ0) is 24.9. The molecule has 0 aliphatic carbocycles. The number of aromatic nitrogens is 1. The number of rotatable bonds is 7. The molecule has 0 aliphatic rings. The second kappa shape index (κ2) is 10.3. The summed E-state index contributed by atoms with van der Waals surface area (Å²) in [5.41, 5.74) is 5.13. The van der Waals surface area contributed by atoms with Crippen LogP contribution >= 0.6 is 0 Å². The predicted octanol–water partition coefficient (Wildman–Crippen LogP) is 5.65. The highest BCUT2D eigenvalue weighted by Gasteiger charge is 2.22. The molecule has 0 spiro atoms. The van der Waals surface area contributed by atoms with E-state index < -0.39 is 12.0 Å². The summed E-state index contributed by atoms with van der Waals surface area (Å²) in [5.74, 6) is -0.808. The Hall–Kier alpha value is -4.71. The van der Waals surface area contributed by atoms with Crippen LogP contribution in [0.2, 0.25) is 0 Å². The maximum atomic E-state index is 12.6. The number of carbonyl (C=O) groups is 2. The average Bonchev–Trinajstić information content (AvgIpc) is 2.93. The summed E-state index contributed by atoms with van der Waals surface area (Å²) < 4.78 is 4.93. The Morgan fingerprint density at radius 1 is 0.778 bits per heavy atom. The highest BCUT2D eigenvalue weighted by molar-refractivity contribution is 6.08. The molecule has 36 heavy (non-hydrogen) atoms. The van der Waals surface area contributed by atoms with E-state index in [2.05, 4.69) is 22.8 Å². The van der Waals surface area contributed by atoms with E-state index in [0.717, 1.165) is 38.7 Å². The van der Waals surface area contributed by atoms with E-state index in [9.17, 15) is 9.59 Å². The number of hydrogen-bond donors (Lipinski definition) is 2. The van der Waals surface area contributed by atoms with E-state index in [0.29, 0.717) is 12.0 Å². The number of amides is 1. The second-order valence-corrected chi connectivity index (χ2v) is 8.46. The normalized spacial score (nSPS) is 11.7. The van der Waals surface area contributed by atoms with E-state index in [1.54, 1.807) is 24.3 Å². The molecule has 1 amide bonds. The van der Waals surface area contributed by atoms with Crippen LogP contribution in [0.15, 0.2) is 103 Å². The van der Waals surface area contributed by atoms with Crippen LogP contribution in [0.4, 0.5) is 11.4 Å². The number of anilines is 2. The standard InChI is InChI=1S/C30H25N3O3/c1-36-30(35)27(33-29(34)21-9-3-2-4-10-21)19-20-15-17-22(18-16-20)31-28-23-11-5-7-13-25(23)32-26-14-8-6-12-24(26)28/h2-18,27H,19H2,1H3,(H,31,32)(H,33,34)/t27-/m0/s1. The molecule has 0 radical (unpaired) electrons. The van der Waals surface area contributed by atoms with Crippen molar-refractivity contribution in [1.29, 1.82) is 0 Å². The van der Waals surface area contributed by atoms with Gasteiger partial charge in [0.25, 0.3) is 5.91 Å². The van der Waals surface area contributed by atoms with Crippen LogP contribution in [0, 0.1) is 0 Å². The van der Waals surface area contributed by atoms with Crippen molar-refractivity contribution < 1.29 is 14.3 Å². The van der Waals surface area contributed by atoms with Gasteiger partial charge >= 0.3 is 5.97 Å². The molecule has 0 saturated carbocycles. The molecule has 0 bridgehead atoms. The molecule has 178 valence electrons. The van der Waals surface area contributed by atoms with E-state index >= 15 is 0 Å². The van der Waals surface area contributed by atoms with Crippen molar-refractivity contribution in [2.45, 2.75) is 12.5 Å².